The van der Waals surface area contributed by atoms with Crippen LogP contribution in [0.4, 0.5) is 10.5 Å². The number of carbonyl (C=O) groups is 1. The zero-order chi connectivity index (χ0) is 21.6. The Labute approximate surface area is 180 Å². The first-order chi connectivity index (χ1) is 14.1. The molecule has 2 fully saturated rings. The largest absolute Gasteiger partial charge is 0.444 e. The van der Waals surface area contributed by atoms with Gasteiger partial charge in [0, 0.05) is 41.9 Å². The second kappa shape index (κ2) is 7.54. The van der Waals surface area contributed by atoms with E-state index in [9.17, 15) is 14.9 Å². The van der Waals surface area contributed by atoms with Gasteiger partial charge < -0.3 is 9.64 Å². The summed E-state index contributed by atoms with van der Waals surface area (Å²) in [4.78, 5) is 29.5. The van der Waals surface area contributed by atoms with Crippen LogP contribution in [0.1, 0.15) is 51.5 Å². The molecule has 0 spiro atoms. The molecule has 1 aromatic carbocycles. The van der Waals surface area contributed by atoms with E-state index in [1.165, 1.54) is 12.1 Å². The van der Waals surface area contributed by atoms with Gasteiger partial charge in [-0.3, -0.25) is 10.1 Å². The molecule has 2 aliphatic rings. The van der Waals surface area contributed by atoms with Gasteiger partial charge in [0.25, 0.3) is 5.69 Å². The Balaban J connectivity index is 1.60. The fraction of sp³-hybridized carbons (Fsp3) is 0.455. The van der Waals surface area contributed by atoms with E-state index in [-0.39, 0.29) is 29.8 Å². The number of nitrogens with zero attached hydrogens (tertiary/aromatic N) is 3. The second-order valence-corrected chi connectivity index (χ2v) is 9.30. The van der Waals surface area contributed by atoms with Gasteiger partial charge in [0.2, 0.25) is 0 Å². The molecule has 2 bridgehead atoms. The smallest absolute Gasteiger partial charge is 0.410 e. The van der Waals surface area contributed by atoms with Crippen LogP contribution in [-0.2, 0) is 4.74 Å². The zero-order valence-corrected chi connectivity index (χ0v) is 17.9. The second-order valence-electron chi connectivity index (χ2n) is 8.94. The molecular formula is C22H24ClN3O4. The van der Waals surface area contributed by atoms with Crippen molar-refractivity contribution in [1.82, 2.24) is 9.88 Å². The molecule has 0 unspecified atom stereocenters. The fourth-order valence-electron chi connectivity index (χ4n) is 4.58. The number of pyridine rings is 1. The first kappa shape index (κ1) is 20.6. The minimum Gasteiger partial charge on any atom is -0.444 e. The van der Waals surface area contributed by atoms with Gasteiger partial charge in [-0.25, -0.2) is 9.78 Å². The molecule has 1 aromatic heterocycles. The molecule has 3 heterocycles. The number of nitro benzene ring substituents is 1. The van der Waals surface area contributed by atoms with E-state index in [1.54, 1.807) is 18.3 Å². The SMILES string of the molecule is CC(C)(C)OC(=O)N1[C@H]2CC[C@@H]1[C@@H](c1cnc(Cl)c(-c3ccc([N+](=O)[O-])cc3)c1)C2. The van der Waals surface area contributed by atoms with Gasteiger partial charge in [0.1, 0.15) is 10.8 Å². The number of amides is 1. The molecule has 8 heteroatoms. The van der Waals surface area contributed by atoms with E-state index in [0.29, 0.717) is 5.15 Å². The normalized spacial score (nSPS) is 22.9. The minimum atomic E-state index is -0.528. The van der Waals surface area contributed by atoms with Gasteiger partial charge >= 0.3 is 6.09 Å². The highest BCUT2D eigenvalue weighted by Gasteiger charge is 2.50. The van der Waals surface area contributed by atoms with Crippen LogP contribution < -0.4 is 0 Å². The summed E-state index contributed by atoms with van der Waals surface area (Å²) in [5, 5.41) is 11.3. The number of fused-ring (bicyclic) bond motifs is 2. The topological polar surface area (TPSA) is 85.6 Å². The molecule has 0 saturated carbocycles. The van der Waals surface area contributed by atoms with E-state index in [2.05, 4.69) is 4.98 Å². The summed E-state index contributed by atoms with van der Waals surface area (Å²) in [6, 6.07) is 8.53. The van der Waals surface area contributed by atoms with Crippen molar-refractivity contribution in [1.29, 1.82) is 0 Å². The number of hydrogen-bond donors (Lipinski definition) is 0. The zero-order valence-electron chi connectivity index (χ0n) is 17.2. The van der Waals surface area contributed by atoms with E-state index < -0.39 is 10.5 Å². The molecule has 0 aliphatic carbocycles. The first-order valence-corrected chi connectivity index (χ1v) is 10.4. The lowest BCUT2D eigenvalue weighted by atomic mass is 9.84. The highest BCUT2D eigenvalue weighted by molar-refractivity contribution is 6.32. The summed E-state index contributed by atoms with van der Waals surface area (Å²) < 4.78 is 5.62. The number of carbonyl (C=O) groups excluding carboxylic acids is 1. The number of hydrogen-bond acceptors (Lipinski definition) is 5. The molecule has 2 aliphatic heterocycles. The highest BCUT2D eigenvalue weighted by Crippen LogP contribution is 2.48. The Kier molecular flexibility index (Phi) is 5.18. The monoisotopic (exact) mass is 429 g/mol. The van der Waals surface area contributed by atoms with Crippen LogP contribution in [0.3, 0.4) is 0 Å². The highest BCUT2D eigenvalue weighted by atomic mass is 35.5. The summed E-state index contributed by atoms with van der Waals surface area (Å²) in [7, 11) is 0. The molecule has 0 N–H and O–H groups in total. The first-order valence-electron chi connectivity index (χ1n) is 10.1. The molecule has 158 valence electrons. The lowest BCUT2D eigenvalue weighted by Gasteiger charge is -2.28. The molecule has 7 nitrogen and oxygen atoms in total. The van der Waals surface area contributed by atoms with Gasteiger partial charge in [-0.2, -0.15) is 0 Å². The van der Waals surface area contributed by atoms with Crippen LogP contribution in [0.15, 0.2) is 36.5 Å². The van der Waals surface area contributed by atoms with Gasteiger partial charge in [-0.15, -0.1) is 0 Å². The van der Waals surface area contributed by atoms with Crippen LogP contribution in [0.2, 0.25) is 5.15 Å². The van der Waals surface area contributed by atoms with Crippen molar-refractivity contribution >= 4 is 23.4 Å². The number of aromatic nitrogens is 1. The maximum Gasteiger partial charge on any atom is 0.410 e. The summed E-state index contributed by atoms with van der Waals surface area (Å²) in [5.41, 5.74) is 2.02. The van der Waals surface area contributed by atoms with Crippen LogP contribution in [-0.4, -0.2) is 38.6 Å². The lowest BCUT2D eigenvalue weighted by Crippen LogP contribution is -2.40. The summed E-state index contributed by atoms with van der Waals surface area (Å²) in [6.07, 6.45) is 4.30. The van der Waals surface area contributed by atoms with Crippen LogP contribution in [0.5, 0.6) is 0 Å². The Morgan fingerprint density at radius 1 is 1.27 bits per heavy atom. The predicted molar refractivity (Wildman–Crippen MR) is 114 cm³/mol. The van der Waals surface area contributed by atoms with Gasteiger partial charge in [0.05, 0.1) is 4.92 Å². The van der Waals surface area contributed by atoms with Crippen LogP contribution >= 0.6 is 11.6 Å². The number of nitro groups is 1. The third-order valence-electron chi connectivity index (χ3n) is 5.82. The van der Waals surface area contributed by atoms with Crippen molar-refractivity contribution in [2.45, 2.75) is 63.6 Å². The number of benzene rings is 1. The molecule has 4 rings (SSSR count). The van der Waals surface area contributed by atoms with Crippen molar-refractivity contribution in [2.24, 2.45) is 0 Å². The minimum absolute atomic E-state index is 0.0279. The predicted octanol–water partition coefficient (Wildman–Crippen LogP) is 5.57. The summed E-state index contributed by atoms with van der Waals surface area (Å²) >= 11 is 6.34. The molecule has 2 aromatic rings. The van der Waals surface area contributed by atoms with Crippen molar-refractivity contribution < 1.29 is 14.5 Å². The maximum atomic E-state index is 12.7. The van der Waals surface area contributed by atoms with Crippen molar-refractivity contribution in [3.8, 4) is 11.1 Å². The maximum absolute atomic E-state index is 12.7. The summed E-state index contributed by atoms with van der Waals surface area (Å²) in [6.45, 7) is 5.62. The summed E-state index contributed by atoms with van der Waals surface area (Å²) in [5.74, 6) is 0.165. The van der Waals surface area contributed by atoms with Crippen molar-refractivity contribution in [3.05, 3.63) is 57.4 Å². The van der Waals surface area contributed by atoms with E-state index in [0.717, 1.165) is 36.0 Å². The fourth-order valence-corrected chi connectivity index (χ4v) is 4.79. The molecular weight excluding hydrogens is 406 g/mol. The molecule has 1 amide bonds. The molecule has 0 radical (unpaired) electrons. The van der Waals surface area contributed by atoms with Gasteiger partial charge in [-0.05, 0) is 69.4 Å². The lowest BCUT2D eigenvalue weighted by molar-refractivity contribution is -0.384. The van der Waals surface area contributed by atoms with Crippen molar-refractivity contribution in [3.63, 3.8) is 0 Å². The van der Waals surface area contributed by atoms with Gasteiger partial charge in [0.15, 0.2) is 0 Å². The Bertz CT molecular complexity index is 987. The average molecular weight is 430 g/mol. The van der Waals surface area contributed by atoms with Crippen LogP contribution in [0.25, 0.3) is 11.1 Å². The molecule has 30 heavy (non-hydrogen) atoms. The quantitative estimate of drug-likeness (QED) is 0.362. The van der Waals surface area contributed by atoms with E-state index in [1.807, 2.05) is 31.7 Å². The Morgan fingerprint density at radius 2 is 1.97 bits per heavy atom. The van der Waals surface area contributed by atoms with E-state index >= 15 is 0 Å². The average Bonchev–Trinajstić information content (AvgIpc) is 3.25. The third-order valence-corrected chi connectivity index (χ3v) is 6.12. The number of halogens is 1. The standard InChI is InChI=1S/C22H24ClN3O4/c1-22(2,3)30-21(27)25-16-8-9-19(25)17(11-16)14-10-18(20(23)24-12-14)13-4-6-15(7-5-13)26(28)29/h4-7,10,12,16-17,19H,8-9,11H2,1-3H3/t16-,17+,19+/m0/s1. The Morgan fingerprint density at radius 3 is 2.60 bits per heavy atom. The van der Waals surface area contributed by atoms with Gasteiger partial charge in [-0.1, -0.05) is 11.6 Å². The Hall–Kier alpha value is -2.67. The van der Waals surface area contributed by atoms with Crippen molar-refractivity contribution in [2.75, 3.05) is 0 Å². The number of ether oxygens (including phenoxy) is 1. The number of non-ortho nitro benzene ring substituents is 1. The number of rotatable bonds is 3. The van der Waals surface area contributed by atoms with E-state index in [4.69, 9.17) is 16.3 Å². The van der Waals surface area contributed by atoms with Crippen LogP contribution in [0, 0.1) is 10.1 Å². The molecule has 3 atom stereocenters. The molecule has 2 saturated heterocycles. The third kappa shape index (κ3) is 3.86.